The van der Waals surface area contributed by atoms with Gasteiger partial charge in [-0.2, -0.15) is 0 Å². The second-order valence-electron chi connectivity index (χ2n) is 4.39. The minimum Gasteiger partial charge on any atom is -0.478 e. The van der Waals surface area contributed by atoms with Gasteiger partial charge in [0.2, 0.25) is 0 Å². The van der Waals surface area contributed by atoms with Crippen LogP contribution in [0, 0.1) is 0 Å². The molecule has 17 heavy (non-hydrogen) atoms. The third-order valence-corrected chi connectivity index (χ3v) is 3.46. The van der Waals surface area contributed by atoms with E-state index < -0.39 is 5.97 Å². The van der Waals surface area contributed by atoms with Crippen LogP contribution in [0.5, 0.6) is 0 Å². The maximum absolute atomic E-state index is 11.1. The van der Waals surface area contributed by atoms with Crippen molar-refractivity contribution in [3.05, 3.63) is 28.2 Å². The van der Waals surface area contributed by atoms with Crippen molar-refractivity contribution < 1.29 is 9.90 Å². The Morgan fingerprint density at radius 2 is 2.35 bits per heavy atom. The van der Waals surface area contributed by atoms with Gasteiger partial charge in [-0.05, 0) is 38.2 Å². The summed E-state index contributed by atoms with van der Waals surface area (Å²) in [6.45, 7) is 2.00. The second-order valence-corrected chi connectivity index (χ2v) is 5.30. The number of anilines is 1. The molecular weight excluding hydrogens is 284 g/mol. The summed E-state index contributed by atoms with van der Waals surface area (Å²) in [6.07, 6.45) is 1.04. The topological polar surface area (TPSA) is 52.6 Å². The standard InChI is InChI=1S/C12H15BrN2O2/c1-15-5-4-9(7-15)14-11-6-8(13)2-3-10(11)12(16)17/h2-3,6,9,14H,4-5,7H2,1H3,(H,16,17). The summed E-state index contributed by atoms with van der Waals surface area (Å²) in [5.74, 6) is -0.897. The lowest BCUT2D eigenvalue weighted by molar-refractivity contribution is 0.0698. The molecule has 0 radical (unpaired) electrons. The van der Waals surface area contributed by atoms with Gasteiger partial charge in [0.25, 0.3) is 0 Å². The fraction of sp³-hybridized carbons (Fsp3) is 0.417. The molecule has 0 spiro atoms. The van der Waals surface area contributed by atoms with Crippen LogP contribution in [0.25, 0.3) is 0 Å². The van der Waals surface area contributed by atoms with Crippen LogP contribution in [0.4, 0.5) is 5.69 Å². The number of likely N-dealkylation sites (tertiary alicyclic amines) is 1. The van der Waals surface area contributed by atoms with Gasteiger partial charge in [-0.3, -0.25) is 0 Å². The van der Waals surface area contributed by atoms with Crippen LogP contribution in [-0.4, -0.2) is 42.2 Å². The van der Waals surface area contributed by atoms with Crippen LogP contribution >= 0.6 is 15.9 Å². The van der Waals surface area contributed by atoms with Crippen molar-refractivity contribution in [2.75, 3.05) is 25.5 Å². The monoisotopic (exact) mass is 298 g/mol. The molecule has 1 atom stereocenters. The highest BCUT2D eigenvalue weighted by atomic mass is 79.9. The van der Waals surface area contributed by atoms with Crippen molar-refractivity contribution >= 4 is 27.6 Å². The van der Waals surface area contributed by atoms with Gasteiger partial charge in [0.1, 0.15) is 0 Å². The molecule has 1 heterocycles. The molecule has 1 saturated heterocycles. The first-order valence-electron chi connectivity index (χ1n) is 5.54. The molecule has 0 bridgehead atoms. The smallest absolute Gasteiger partial charge is 0.337 e. The van der Waals surface area contributed by atoms with Crippen LogP contribution in [0.1, 0.15) is 16.8 Å². The Labute approximate surface area is 109 Å². The zero-order chi connectivity index (χ0) is 12.4. The number of carboxylic acids is 1. The molecule has 1 aliphatic heterocycles. The Morgan fingerprint density at radius 1 is 1.59 bits per heavy atom. The van der Waals surface area contributed by atoms with E-state index in [0.717, 1.165) is 24.0 Å². The summed E-state index contributed by atoms with van der Waals surface area (Å²) in [4.78, 5) is 13.3. The molecule has 1 aromatic carbocycles. The molecule has 1 aliphatic rings. The Bertz CT molecular complexity index is 437. The fourth-order valence-corrected chi connectivity index (χ4v) is 2.46. The van der Waals surface area contributed by atoms with Crippen molar-refractivity contribution in [3.63, 3.8) is 0 Å². The summed E-state index contributed by atoms with van der Waals surface area (Å²) in [7, 11) is 2.07. The van der Waals surface area contributed by atoms with Crippen LogP contribution in [0.2, 0.25) is 0 Å². The number of carbonyl (C=O) groups is 1. The molecule has 4 nitrogen and oxygen atoms in total. The quantitative estimate of drug-likeness (QED) is 0.899. The summed E-state index contributed by atoms with van der Waals surface area (Å²) >= 11 is 3.36. The third-order valence-electron chi connectivity index (χ3n) is 2.96. The van der Waals surface area contributed by atoms with Gasteiger partial charge in [0.05, 0.1) is 11.3 Å². The Kier molecular flexibility index (Phi) is 3.69. The van der Waals surface area contributed by atoms with E-state index in [1.165, 1.54) is 0 Å². The van der Waals surface area contributed by atoms with E-state index in [-0.39, 0.29) is 0 Å². The lowest BCUT2D eigenvalue weighted by Crippen LogP contribution is -2.24. The summed E-state index contributed by atoms with van der Waals surface area (Å²) in [5.41, 5.74) is 1.01. The van der Waals surface area contributed by atoms with Gasteiger partial charge in [-0.15, -0.1) is 0 Å². The van der Waals surface area contributed by atoms with Crippen molar-refractivity contribution in [1.29, 1.82) is 0 Å². The number of hydrogen-bond acceptors (Lipinski definition) is 3. The first-order valence-corrected chi connectivity index (χ1v) is 6.33. The van der Waals surface area contributed by atoms with Gasteiger partial charge in [-0.25, -0.2) is 4.79 Å². The molecule has 1 fully saturated rings. The lowest BCUT2D eigenvalue weighted by atomic mass is 10.1. The van der Waals surface area contributed by atoms with E-state index in [1.54, 1.807) is 12.1 Å². The number of rotatable bonds is 3. The highest BCUT2D eigenvalue weighted by molar-refractivity contribution is 9.10. The van der Waals surface area contributed by atoms with Crippen LogP contribution in [-0.2, 0) is 0 Å². The molecule has 2 N–H and O–H groups in total. The van der Waals surface area contributed by atoms with Gasteiger partial charge in [0.15, 0.2) is 0 Å². The SMILES string of the molecule is CN1CCC(Nc2cc(Br)ccc2C(=O)O)C1. The van der Waals surface area contributed by atoms with E-state index in [2.05, 4.69) is 33.2 Å². The number of benzene rings is 1. The minimum absolute atomic E-state index is 0.322. The fourth-order valence-electron chi connectivity index (χ4n) is 2.10. The second kappa shape index (κ2) is 5.06. The molecule has 0 amide bonds. The minimum atomic E-state index is -0.897. The Balaban J connectivity index is 2.19. The molecule has 0 aliphatic carbocycles. The van der Waals surface area contributed by atoms with Crippen molar-refractivity contribution in [2.45, 2.75) is 12.5 Å². The highest BCUT2D eigenvalue weighted by Gasteiger charge is 2.21. The van der Waals surface area contributed by atoms with Crippen molar-refractivity contribution in [3.8, 4) is 0 Å². The predicted octanol–water partition coefficient (Wildman–Crippen LogP) is 2.26. The highest BCUT2D eigenvalue weighted by Crippen LogP contribution is 2.24. The molecule has 5 heteroatoms. The first kappa shape index (κ1) is 12.4. The average Bonchev–Trinajstić information content (AvgIpc) is 2.63. The number of aromatic carboxylic acids is 1. The zero-order valence-corrected chi connectivity index (χ0v) is 11.2. The predicted molar refractivity (Wildman–Crippen MR) is 70.6 cm³/mol. The van der Waals surface area contributed by atoms with E-state index >= 15 is 0 Å². The maximum atomic E-state index is 11.1. The van der Waals surface area contributed by atoms with Crippen LogP contribution in [0.15, 0.2) is 22.7 Å². The number of hydrogen-bond donors (Lipinski definition) is 2. The first-order chi connectivity index (χ1) is 8.06. The van der Waals surface area contributed by atoms with Crippen molar-refractivity contribution in [1.82, 2.24) is 4.90 Å². The normalized spacial score (nSPS) is 20.5. The number of carboxylic acid groups (broad SMARTS) is 1. The van der Waals surface area contributed by atoms with E-state index in [1.807, 2.05) is 6.07 Å². The zero-order valence-electron chi connectivity index (χ0n) is 9.61. The molecule has 2 rings (SSSR count). The maximum Gasteiger partial charge on any atom is 0.337 e. The van der Waals surface area contributed by atoms with Crippen LogP contribution < -0.4 is 5.32 Å². The Morgan fingerprint density at radius 3 is 2.94 bits per heavy atom. The molecule has 1 aromatic rings. The molecular formula is C12H15BrN2O2. The molecule has 1 unspecified atom stereocenters. The lowest BCUT2D eigenvalue weighted by Gasteiger charge is -2.16. The summed E-state index contributed by atoms with van der Waals surface area (Å²) in [6, 6.07) is 5.51. The van der Waals surface area contributed by atoms with Gasteiger partial charge in [-0.1, -0.05) is 15.9 Å². The molecule has 0 aromatic heterocycles. The summed E-state index contributed by atoms with van der Waals surface area (Å²) < 4.78 is 0.886. The average molecular weight is 299 g/mol. The summed E-state index contributed by atoms with van der Waals surface area (Å²) in [5, 5.41) is 12.4. The van der Waals surface area contributed by atoms with Crippen molar-refractivity contribution in [2.24, 2.45) is 0 Å². The Hall–Kier alpha value is -1.07. The number of nitrogens with one attached hydrogen (secondary N) is 1. The molecule has 0 saturated carbocycles. The molecule has 92 valence electrons. The van der Waals surface area contributed by atoms with Crippen LogP contribution in [0.3, 0.4) is 0 Å². The number of likely N-dealkylation sites (N-methyl/N-ethyl adjacent to an activating group) is 1. The number of halogens is 1. The third kappa shape index (κ3) is 2.98. The van der Waals surface area contributed by atoms with Gasteiger partial charge < -0.3 is 15.3 Å². The van der Waals surface area contributed by atoms with E-state index in [0.29, 0.717) is 17.3 Å². The number of nitrogens with zero attached hydrogens (tertiary/aromatic N) is 1. The van der Waals surface area contributed by atoms with E-state index in [4.69, 9.17) is 5.11 Å². The van der Waals surface area contributed by atoms with Gasteiger partial charge >= 0.3 is 5.97 Å². The van der Waals surface area contributed by atoms with E-state index in [9.17, 15) is 4.79 Å². The van der Waals surface area contributed by atoms with Gasteiger partial charge in [0, 0.05) is 17.1 Å². The largest absolute Gasteiger partial charge is 0.478 e.